The van der Waals surface area contributed by atoms with Crippen LogP contribution in [0.4, 0.5) is 0 Å². The van der Waals surface area contributed by atoms with Gasteiger partial charge in [-0.25, -0.2) is 5.84 Å². The number of nitrogens with two attached hydrogens (primary N) is 1. The predicted molar refractivity (Wildman–Crippen MR) is 68.1 cm³/mol. The molecule has 0 aromatic carbocycles. The van der Waals surface area contributed by atoms with Gasteiger partial charge in [0.2, 0.25) is 5.91 Å². The van der Waals surface area contributed by atoms with Crippen LogP contribution in [0.15, 0.2) is 0 Å². The first-order chi connectivity index (χ1) is 7.93. The average Bonchev–Trinajstić information content (AvgIpc) is 2.21. The summed E-state index contributed by atoms with van der Waals surface area (Å²) < 4.78 is 5.86. The zero-order valence-electron chi connectivity index (χ0n) is 11.3. The molecule has 1 rings (SSSR count). The molecule has 0 heterocycles. The van der Waals surface area contributed by atoms with Crippen LogP contribution in [0.5, 0.6) is 0 Å². The molecule has 3 N–H and O–H groups in total. The lowest BCUT2D eigenvalue weighted by Gasteiger charge is -2.38. The lowest BCUT2D eigenvalue weighted by molar-refractivity contribution is -0.121. The van der Waals surface area contributed by atoms with Crippen LogP contribution in [0.1, 0.15) is 52.9 Å². The largest absolute Gasteiger partial charge is 0.378 e. The second-order valence-electron chi connectivity index (χ2n) is 6.08. The van der Waals surface area contributed by atoms with Crippen molar-refractivity contribution in [3.05, 3.63) is 0 Å². The predicted octanol–water partition coefficient (Wildman–Crippen LogP) is 1.99. The molecule has 0 aromatic rings. The molecule has 1 amide bonds. The number of hydrogen-bond acceptors (Lipinski definition) is 3. The van der Waals surface area contributed by atoms with Gasteiger partial charge in [-0.05, 0) is 37.0 Å². The average molecular weight is 242 g/mol. The molecule has 1 aliphatic carbocycles. The van der Waals surface area contributed by atoms with Gasteiger partial charge in [-0.1, -0.05) is 20.8 Å². The van der Waals surface area contributed by atoms with Crippen molar-refractivity contribution in [2.75, 3.05) is 6.61 Å². The van der Waals surface area contributed by atoms with E-state index in [-0.39, 0.29) is 5.91 Å². The monoisotopic (exact) mass is 242 g/mol. The summed E-state index contributed by atoms with van der Waals surface area (Å²) in [5, 5.41) is 0. The third-order valence-electron chi connectivity index (χ3n) is 3.41. The minimum Gasteiger partial charge on any atom is -0.378 e. The van der Waals surface area contributed by atoms with Gasteiger partial charge in [-0.2, -0.15) is 0 Å². The van der Waals surface area contributed by atoms with Gasteiger partial charge in [0.1, 0.15) is 0 Å². The summed E-state index contributed by atoms with van der Waals surface area (Å²) in [6, 6.07) is 0. The van der Waals surface area contributed by atoms with E-state index in [0.717, 1.165) is 25.2 Å². The first-order valence-electron chi connectivity index (χ1n) is 6.54. The molecule has 17 heavy (non-hydrogen) atoms. The van der Waals surface area contributed by atoms with Crippen molar-refractivity contribution in [1.29, 1.82) is 0 Å². The lowest BCUT2D eigenvalue weighted by Crippen LogP contribution is -2.33. The molecule has 1 saturated carbocycles. The van der Waals surface area contributed by atoms with Gasteiger partial charge in [0, 0.05) is 13.0 Å². The molecular weight excluding hydrogens is 216 g/mol. The SMILES string of the molecule is CC1CC(OCCCC(=O)NN)CC(C)(C)C1. The Labute approximate surface area is 104 Å². The standard InChI is InChI=1S/C13H26N2O2/c1-10-7-11(9-13(2,3)8-10)17-6-4-5-12(16)15-14/h10-11H,4-9,14H2,1-3H3,(H,15,16). The number of hydrazine groups is 1. The van der Waals surface area contributed by atoms with Gasteiger partial charge in [-0.3, -0.25) is 10.2 Å². The van der Waals surface area contributed by atoms with E-state index in [0.29, 0.717) is 24.5 Å². The molecule has 0 spiro atoms. The number of hydrogen-bond donors (Lipinski definition) is 2. The number of ether oxygens (including phenoxy) is 1. The van der Waals surface area contributed by atoms with Crippen LogP contribution in [0.3, 0.4) is 0 Å². The topological polar surface area (TPSA) is 64.3 Å². The molecule has 1 aliphatic rings. The van der Waals surface area contributed by atoms with Crippen LogP contribution in [0.2, 0.25) is 0 Å². The van der Waals surface area contributed by atoms with Gasteiger partial charge in [0.05, 0.1) is 6.10 Å². The van der Waals surface area contributed by atoms with Gasteiger partial charge in [0.25, 0.3) is 0 Å². The molecule has 1 fully saturated rings. The van der Waals surface area contributed by atoms with E-state index >= 15 is 0 Å². The number of carbonyl (C=O) groups is 1. The Bertz CT molecular complexity index is 254. The van der Waals surface area contributed by atoms with E-state index in [4.69, 9.17) is 10.6 Å². The smallest absolute Gasteiger partial charge is 0.233 e. The number of carbonyl (C=O) groups excluding carboxylic acids is 1. The Morgan fingerprint density at radius 2 is 2.18 bits per heavy atom. The van der Waals surface area contributed by atoms with Crippen LogP contribution in [0, 0.1) is 11.3 Å². The van der Waals surface area contributed by atoms with E-state index in [2.05, 4.69) is 26.2 Å². The number of amides is 1. The highest BCUT2D eigenvalue weighted by Crippen LogP contribution is 2.39. The molecule has 0 saturated heterocycles. The fourth-order valence-electron chi connectivity index (χ4n) is 2.94. The van der Waals surface area contributed by atoms with Crippen molar-refractivity contribution in [1.82, 2.24) is 5.43 Å². The minimum atomic E-state index is -0.119. The molecule has 2 atom stereocenters. The van der Waals surface area contributed by atoms with Crippen molar-refractivity contribution in [3.63, 3.8) is 0 Å². The van der Waals surface area contributed by atoms with Crippen molar-refractivity contribution in [2.45, 2.75) is 59.0 Å². The lowest BCUT2D eigenvalue weighted by atomic mass is 9.71. The highest BCUT2D eigenvalue weighted by Gasteiger charge is 2.32. The molecule has 100 valence electrons. The normalized spacial score (nSPS) is 27.8. The molecular formula is C13H26N2O2. The van der Waals surface area contributed by atoms with Gasteiger partial charge < -0.3 is 4.74 Å². The first-order valence-corrected chi connectivity index (χ1v) is 6.54. The Kier molecular flexibility index (Phi) is 5.40. The molecule has 0 aromatic heterocycles. The Morgan fingerprint density at radius 3 is 2.76 bits per heavy atom. The Morgan fingerprint density at radius 1 is 1.47 bits per heavy atom. The number of nitrogens with one attached hydrogen (secondary N) is 1. The second kappa shape index (κ2) is 6.36. The van der Waals surface area contributed by atoms with Gasteiger partial charge in [0.15, 0.2) is 0 Å². The summed E-state index contributed by atoms with van der Waals surface area (Å²) in [6.45, 7) is 7.56. The maximum atomic E-state index is 10.9. The summed E-state index contributed by atoms with van der Waals surface area (Å²) in [5.41, 5.74) is 2.51. The van der Waals surface area contributed by atoms with Crippen LogP contribution in [-0.4, -0.2) is 18.6 Å². The van der Waals surface area contributed by atoms with Crippen molar-refractivity contribution in [3.8, 4) is 0 Å². The van der Waals surface area contributed by atoms with E-state index in [1.54, 1.807) is 0 Å². The van der Waals surface area contributed by atoms with Crippen molar-refractivity contribution >= 4 is 5.91 Å². The highest BCUT2D eigenvalue weighted by molar-refractivity contribution is 5.75. The van der Waals surface area contributed by atoms with Crippen LogP contribution in [0.25, 0.3) is 0 Å². The van der Waals surface area contributed by atoms with E-state index in [1.807, 2.05) is 0 Å². The summed E-state index contributed by atoms with van der Waals surface area (Å²) >= 11 is 0. The van der Waals surface area contributed by atoms with Crippen LogP contribution in [-0.2, 0) is 9.53 Å². The van der Waals surface area contributed by atoms with Gasteiger partial charge >= 0.3 is 0 Å². The molecule has 2 unspecified atom stereocenters. The zero-order valence-corrected chi connectivity index (χ0v) is 11.3. The van der Waals surface area contributed by atoms with Crippen molar-refractivity contribution < 1.29 is 9.53 Å². The maximum absolute atomic E-state index is 10.9. The van der Waals surface area contributed by atoms with E-state index in [9.17, 15) is 4.79 Å². The fourth-order valence-corrected chi connectivity index (χ4v) is 2.94. The molecule has 0 radical (unpaired) electrons. The fraction of sp³-hybridized carbons (Fsp3) is 0.923. The molecule has 0 bridgehead atoms. The summed E-state index contributed by atoms with van der Waals surface area (Å²) in [5.74, 6) is 5.62. The minimum absolute atomic E-state index is 0.119. The Hall–Kier alpha value is -0.610. The van der Waals surface area contributed by atoms with Crippen LogP contribution >= 0.6 is 0 Å². The highest BCUT2D eigenvalue weighted by atomic mass is 16.5. The second-order valence-corrected chi connectivity index (χ2v) is 6.08. The third kappa shape index (κ3) is 5.50. The molecule has 4 nitrogen and oxygen atoms in total. The maximum Gasteiger partial charge on any atom is 0.233 e. The van der Waals surface area contributed by atoms with E-state index in [1.165, 1.54) is 6.42 Å². The Balaban J connectivity index is 2.20. The molecule has 4 heteroatoms. The zero-order chi connectivity index (χ0) is 12.9. The first kappa shape index (κ1) is 14.5. The van der Waals surface area contributed by atoms with Crippen molar-refractivity contribution in [2.24, 2.45) is 17.2 Å². The molecule has 0 aliphatic heterocycles. The summed E-state index contributed by atoms with van der Waals surface area (Å²) in [4.78, 5) is 10.9. The third-order valence-corrected chi connectivity index (χ3v) is 3.41. The van der Waals surface area contributed by atoms with Crippen LogP contribution < -0.4 is 11.3 Å². The van der Waals surface area contributed by atoms with Gasteiger partial charge in [-0.15, -0.1) is 0 Å². The summed E-state index contributed by atoms with van der Waals surface area (Å²) in [6.07, 6.45) is 5.10. The summed E-state index contributed by atoms with van der Waals surface area (Å²) in [7, 11) is 0. The number of rotatable bonds is 5. The quantitative estimate of drug-likeness (QED) is 0.335. The van der Waals surface area contributed by atoms with E-state index < -0.39 is 0 Å².